The fourth-order valence-electron chi connectivity index (χ4n) is 4.02. The first-order chi connectivity index (χ1) is 14.2. The molecule has 8 heteroatoms. The van der Waals surface area contributed by atoms with Crippen LogP contribution in [0.2, 0.25) is 0 Å². The van der Waals surface area contributed by atoms with Crippen molar-refractivity contribution in [1.29, 1.82) is 0 Å². The van der Waals surface area contributed by atoms with E-state index in [1.807, 2.05) is 6.07 Å². The van der Waals surface area contributed by atoms with Crippen molar-refractivity contribution in [1.82, 2.24) is 25.1 Å². The van der Waals surface area contributed by atoms with E-state index in [4.69, 9.17) is 0 Å². The molecule has 29 heavy (non-hydrogen) atoms. The number of nitrogens with zero attached hydrogens (tertiary/aromatic N) is 5. The van der Waals surface area contributed by atoms with Crippen LogP contribution in [0.5, 0.6) is 0 Å². The average Bonchev–Trinajstić information content (AvgIpc) is 3.20. The van der Waals surface area contributed by atoms with Gasteiger partial charge < -0.3 is 10.2 Å². The molecule has 1 saturated heterocycles. The van der Waals surface area contributed by atoms with Gasteiger partial charge in [0.1, 0.15) is 17.2 Å². The quantitative estimate of drug-likeness (QED) is 0.742. The predicted molar refractivity (Wildman–Crippen MR) is 107 cm³/mol. The molecule has 1 N–H and O–H groups in total. The molecule has 2 aliphatic rings. The first-order valence-electron chi connectivity index (χ1n) is 9.94. The minimum Gasteiger partial charge on any atom is -0.371 e. The third kappa shape index (κ3) is 3.24. The lowest BCUT2D eigenvalue weighted by atomic mass is 10.1. The predicted octanol–water partition coefficient (Wildman–Crippen LogP) is 2.88. The van der Waals surface area contributed by atoms with E-state index in [0.717, 1.165) is 31.6 Å². The molecule has 3 aromatic rings. The van der Waals surface area contributed by atoms with Gasteiger partial charge in [-0.15, -0.1) is 0 Å². The number of amides is 1. The fraction of sp³-hybridized carbons (Fsp3) is 0.333. The van der Waals surface area contributed by atoms with Gasteiger partial charge in [-0.05, 0) is 43.5 Å². The maximum absolute atomic E-state index is 14.9. The molecule has 7 nitrogen and oxygen atoms in total. The maximum atomic E-state index is 14.9. The van der Waals surface area contributed by atoms with Crippen LogP contribution in [-0.4, -0.2) is 45.3 Å². The molecule has 148 valence electrons. The number of halogens is 1. The van der Waals surface area contributed by atoms with Gasteiger partial charge in [0.2, 0.25) is 0 Å². The van der Waals surface area contributed by atoms with Crippen molar-refractivity contribution in [3.05, 3.63) is 48.0 Å². The zero-order chi connectivity index (χ0) is 19.8. The van der Waals surface area contributed by atoms with Crippen LogP contribution in [0.1, 0.15) is 29.8 Å². The van der Waals surface area contributed by atoms with E-state index in [-0.39, 0.29) is 11.7 Å². The standard InChI is InChI=1S/C21H21FN6O/c22-14-5-4-6-17(27-10-2-1-3-11-27)19(14)20-23-8-7-15(25-20)16-13-18-21(29)24-9-12-28(18)26-16/h4-8,13H,1-3,9-12H2,(H,24,29). The van der Waals surface area contributed by atoms with Gasteiger partial charge in [-0.2, -0.15) is 5.10 Å². The summed E-state index contributed by atoms with van der Waals surface area (Å²) in [4.78, 5) is 23.2. The first-order valence-corrected chi connectivity index (χ1v) is 9.94. The molecule has 0 atom stereocenters. The molecule has 0 spiro atoms. The Labute approximate surface area is 167 Å². The van der Waals surface area contributed by atoms with Gasteiger partial charge in [0.15, 0.2) is 5.82 Å². The zero-order valence-corrected chi connectivity index (χ0v) is 15.9. The summed E-state index contributed by atoms with van der Waals surface area (Å²) in [5.41, 5.74) is 2.89. The lowest BCUT2D eigenvalue weighted by molar-refractivity contribution is 0.0924. The number of hydrogen-bond acceptors (Lipinski definition) is 5. The highest BCUT2D eigenvalue weighted by atomic mass is 19.1. The second-order valence-electron chi connectivity index (χ2n) is 7.34. The number of aromatic nitrogens is 4. The summed E-state index contributed by atoms with van der Waals surface area (Å²) >= 11 is 0. The van der Waals surface area contributed by atoms with E-state index >= 15 is 0 Å². The Morgan fingerprint density at radius 3 is 2.72 bits per heavy atom. The van der Waals surface area contributed by atoms with Crippen LogP contribution in [0, 0.1) is 5.82 Å². The maximum Gasteiger partial charge on any atom is 0.269 e. The normalized spacial score (nSPS) is 16.4. The molecule has 1 aromatic carbocycles. The number of hydrogen-bond donors (Lipinski definition) is 1. The lowest BCUT2D eigenvalue weighted by Crippen LogP contribution is -2.35. The summed E-state index contributed by atoms with van der Waals surface area (Å²) in [6, 6.07) is 8.55. The first kappa shape index (κ1) is 17.8. The molecule has 4 heterocycles. The Hall–Kier alpha value is -3.29. The molecular weight excluding hydrogens is 371 g/mol. The third-order valence-corrected chi connectivity index (χ3v) is 5.45. The molecule has 0 saturated carbocycles. The molecule has 1 fully saturated rings. The Morgan fingerprint density at radius 2 is 1.90 bits per heavy atom. The molecular formula is C21H21FN6O. The van der Waals surface area contributed by atoms with Crippen molar-refractivity contribution in [3.8, 4) is 22.8 Å². The summed E-state index contributed by atoms with van der Waals surface area (Å²) < 4.78 is 16.6. The molecule has 5 rings (SSSR count). The van der Waals surface area contributed by atoms with Gasteiger partial charge in [-0.1, -0.05) is 6.07 Å². The molecule has 0 aliphatic carbocycles. The molecule has 2 aliphatic heterocycles. The van der Waals surface area contributed by atoms with Crippen LogP contribution in [0.4, 0.5) is 10.1 Å². The SMILES string of the molecule is O=C1NCCn2nc(-c3ccnc(-c4c(F)cccc4N4CCCCC4)n3)cc21. The largest absolute Gasteiger partial charge is 0.371 e. The highest BCUT2D eigenvalue weighted by molar-refractivity contribution is 5.94. The number of carbonyl (C=O) groups excluding carboxylic acids is 1. The summed E-state index contributed by atoms with van der Waals surface area (Å²) in [5, 5.41) is 7.31. The van der Waals surface area contributed by atoms with Gasteiger partial charge in [0, 0.05) is 25.8 Å². The Kier molecular flexibility index (Phi) is 4.46. The minimum atomic E-state index is -0.339. The van der Waals surface area contributed by atoms with Crippen molar-refractivity contribution in [2.75, 3.05) is 24.5 Å². The average molecular weight is 392 g/mol. The van der Waals surface area contributed by atoms with Crippen LogP contribution in [-0.2, 0) is 6.54 Å². The number of fused-ring (bicyclic) bond motifs is 1. The number of anilines is 1. The van der Waals surface area contributed by atoms with Crippen LogP contribution < -0.4 is 10.2 Å². The van der Waals surface area contributed by atoms with Crippen molar-refractivity contribution >= 4 is 11.6 Å². The zero-order valence-electron chi connectivity index (χ0n) is 15.9. The summed E-state index contributed by atoms with van der Waals surface area (Å²) in [7, 11) is 0. The van der Waals surface area contributed by atoms with Crippen molar-refractivity contribution in [2.45, 2.75) is 25.8 Å². The minimum absolute atomic E-state index is 0.147. The second kappa shape index (κ2) is 7.27. The van der Waals surface area contributed by atoms with Crippen LogP contribution in [0.25, 0.3) is 22.8 Å². The number of benzene rings is 1. The number of nitrogens with one attached hydrogen (secondary N) is 1. The number of piperidine rings is 1. The summed E-state index contributed by atoms with van der Waals surface area (Å²) in [5.74, 6) is -0.156. The van der Waals surface area contributed by atoms with E-state index in [1.54, 1.807) is 29.1 Å². The number of carbonyl (C=O) groups is 1. The van der Waals surface area contributed by atoms with Crippen molar-refractivity contribution < 1.29 is 9.18 Å². The van der Waals surface area contributed by atoms with E-state index in [9.17, 15) is 9.18 Å². The van der Waals surface area contributed by atoms with Gasteiger partial charge in [0.05, 0.1) is 23.5 Å². The summed E-state index contributed by atoms with van der Waals surface area (Å²) in [6.45, 7) is 2.97. The van der Waals surface area contributed by atoms with E-state index < -0.39 is 0 Å². The highest BCUT2D eigenvalue weighted by Crippen LogP contribution is 2.33. The van der Waals surface area contributed by atoms with Crippen LogP contribution >= 0.6 is 0 Å². The van der Waals surface area contributed by atoms with E-state index in [0.29, 0.717) is 41.6 Å². The van der Waals surface area contributed by atoms with E-state index in [1.165, 1.54) is 12.5 Å². The van der Waals surface area contributed by atoms with E-state index in [2.05, 4.69) is 25.3 Å². The molecule has 0 unspecified atom stereocenters. The van der Waals surface area contributed by atoms with Gasteiger partial charge in [0.25, 0.3) is 5.91 Å². The van der Waals surface area contributed by atoms with Crippen LogP contribution in [0.15, 0.2) is 36.5 Å². The van der Waals surface area contributed by atoms with Crippen molar-refractivity contribution in [2.24, 2.45) is 0 Å². The third-order valence-electron chi connectivity index (χ3n) is 5.45. The second-order valence-corrected chi connectivity index (χ2v) is 7.34. The molecule has 0 bridgehead atoms. The molecule has 2 aromatic heterocycles. The number of rotatable bonds is 3. The van der Waals surface area contributed by atoms with Gasteiger partial charge in [-0.25, -0.2) is 14.4 Å². The summed E-state index contributed by atoms with van der Waals surface area (Å²) in [6.07, 6.45) is 5.01. The lowest BCUT2D eigenvalue weighted by Gasteiger charge is -2.30. The Balaban J connectivity index is 1.57. The molecule has 0 radical (unpaired) electrons. The highest BCUT2D eigenvalue weighted by Gasteiger charge is 2.23. The fourth-order valence-corrected chi connectivity index (χ4v) is 4.02. The molecule has 1 amide bonds. The van der Waals surface area contributed by atoms with Gasteiger partial charge in [-0.3, -0.25) is 9.48 Å². The van der Waals surface area contributed by atoms with Gasteiger partial charge >= 0.3 is 0 Å². The Morgan fingerprint density at radius 1 is 1.03 bits per heavy atom. The monoisotopic (exact) mass is 392 g/mol. The Bertz CT molecular complexity index is 1070. The topological polar surface area (TPSA) is 75.9 Å². The smallest absolute Gasteiger partial charge is 0.269 e. The van der Waals surface area contributed by atoms with Crippen molar-refractivity contribution in [3.63, 3.8) is 0 Å². The van der Waals surface area contributed by atoms with Crippen LogP contribution in [0.3, 0.4) is 0 Å².